The van der Waals surface area contributed by atoms with E-state index in [1.165, 1.54) is 0 Å². The van der Waals surface area contributed by atoms with E-state index >= 15 is 0 Å². The summed E-state index contributed by atoms with van der Waals surface area (Å²) in [6.45, 7) is 5.26. The fraction of sp³-hybridized carbons (Fsp3) is 0.500. The lowest BCUT2D eigenvalue weighted by atomic mass is 10.3. The van der Waals surface area contributed by atoms with Crippen molar-refractivity contribution in [3.05, 3.63) is 28.5 Å². The van der Waals surface area contributed by atoms with Crippen molar-refractivity contribution >= 4 is 21.8 Å². The molecule has 1 aromatic rings. The van der Waals surface area contributed by atoms with Crippen molar-refractivity contribution in [3.8, 4) is 0 Å². The number of hydrogen-bond donors (Lipinski definition) is 2. The monoisotopic (exact) mass is 299 g/mol. The van der Waals surface area contributed by atoms with Gasteiger partial charge in [-0.05, 0) is 41.9 Å². The second-order valence-electron chi connectivity index (χ2n) is 4.12. The molecule has 0 unspecified atom stereocenters. The number of amides is 1. The summed E-state index contributed by atoms with van der Waals surface area (Å²) in [5.74, 6) is 0.0799. The Hall–Kier alpha value is -0.940. The summed E-state index contributed by atoms with van der Waals surface area (Å²) >= 11 is 3.33. The fourth-order valence-electron chi connectivity index (χ4n) is 1.32. The minimum Gasteiger partial charge on any atom is -0.354 e. The number of nitrogens with zero attached hydrogens (tertiary/aromatic N) is 1. The highest BCUT2D eigenvalue weighted by molar-refractivity contribution is 9.10. The summed E-state index contributed by atoms with van der Waals surface area (Å²) in [6.07, 6.45) is 2.26. The van der Waals surface area contributed by atoms with Crippen molar-refractivity contribution in [2.45, 2.75) is 32.9 Å². The van der Waals surface area contributed by atoms with Crippen molar-refractivity contribution in [2.75, 3.05) is 6.54 Å². The predicted octanol–water partition coefficient (Wildman–Crippen LogP) is 1.85. The fourth-order valence-corrected chi connectivity index (χ4v) is 1.56. The minimum atomic E-state index is 0.0799. The molecule has 4 nitrogen and oxygen atoms in total. The Morgan fingerprint density at radius 1 is 1.47 bits per heavy atom. The lowest BCUT2D eigenvalue weighted by Crippen LogP contribution is -2.32. The summed E-state index contributed by atoms with van der Waals surface area (Å²) < 4.78 is 0.970. The average Bonchev–Trinajstić information content (AvgIpc) is 2.26. The van der Waals surface area contributed by atoms with Crippen molar-refractivity contribution in [2.24, 2.45) is 0 Å². The van der Waals surface area contributed by atoms with E-state index < -0.39 is 0 Å². The molecule has 0 bridgehead atoms. The molecule has 1 amide bonds. The molecule has 0 aliphatic carbocycles. The van der Waals surface area contributed by atoms with Gasteiger partial charge in [-0.2, -0.15) is 0 Å². The van der Waals surface area contributed by atoms with Crippen LogP contribution in [0.1, 0.15) is 26.0 Å². The zero-order valence-corrected chi connectivity index (χ0v) is 11.8. The molecule has 0 radical (unpaired) electrons. The number of nitrogens with one attached hydrogen (secondary N) is 2. The van der Waals surface area contributed by atoms with Crippen LogP contribution in [0.2, 0.25) is 0 Å². The first-order chi connectivity index (χ1) is 8.08. The third kappa shape index (κ3) is 6.38. The Kier molecular flexibility index (Phi) is 6.15. The molecule has 5 heteroatoms. The third-order valence-corrected chi connectivity index (χ3v) is 2.54. The van der Waals surface area contributed by atoms with Crippen LogP contribution in [0, 0.1) is 0 Å². The van der Waals surface area contributed by atoms with Crippen molar-refractivity contribution in [1.82, 2.24) is 15.6 Å². The van der Waals surface area contributed by atoms with E-state index in [1.54, 1.807) is 6.20 Å². The highest BCUT2D eigenvalue weighted by atomic mass is 79.9. The Morgan fingerprint density at radius 3 is 2.82 bits per heavy atom. The molecule has 17 heavy (non-hydrogen) atoms. The zero-order chi connectivity index (χ0) is 12.7. The summed E-state index contributed by atoms with van der Waals surface area (Å²) in [4.78, 5) is 15.6. The van der Waals surface area contributed by atoms with Gasteiger partial charge in [0.05, 0.1) is 5.69 Å². The van der Waals surface area contributed by atoms with Gasteiger partial charge in [-0.25, -0.2) is 0 Å². The molecule has 2 N–H and O–H groups in total. The molecule has 1 aromatic heterocycles. The van der Waals surface area contributed by atoms with E-state index in [1.807, 2.05) is 26.0 Å². The minimum absolute atomic E-state index is 0.0799. The first-order valence-corrected chi connectivity index (χ1v) is 6.47. The van der Waals surface area contributed by atoms with Gasteiger partial charge in [-0.3, -0.25) is 9.78 Å². The van der Waals surface area contributed by atoms with E-state index in [-0.39, 0.29) is 11.9 Å². The Morgan fingerprint density at radius 2 is 2.24 bits per heavy atom. The maximum Gasteiger partial charge on any atom is 0.221 e. The number of halogens is 1. The highest BCUT2D eigenvalue weighted by Crippen LogP contribution is 2.06. The number of pyridine rings is 1. The number of carbonyl (C=O) groups is 1. The molecule has 1 heterocycles. The SMILES string of the molecule is CC(C)NC(=O)CCNCc1ccc(Br)cn1. The van der Waals surface area contributed by atoms with Gasteiger partial charge in [0.25, 0.3) is 0 Å². The molecular formula is C12H18BrN3O. The maximum absolute atomic E-state index is 11.3. The Labute approximate surface area is 110 Å². The van der Waals surface area contributed by atoms with Crippen molar-refractivity contribution in [1.29, 1.82) is 0 Å². The number of rotatable bonds is 6. The topological polar surface area (TPSA) is 54.0 Å². The second kappa shape index (κ2) is 7.40. The van der Waals surface area contributed by atoms with E-state index in [9.17, 15) is 4.79 Å². The van der Waals surface area contributed by atoms with Crippen LogP contribution in [0.5, 0.6) is 0 Å². The Balaban J connectivity index is 2.16. The quantitative estimate of drug-likeness (QED) is 0.788. The van der Waals surface area contributed by atoms with Gasteiger partial charge >= 0.3 is 0 Å². The van der Waals surface area contributed by atoms with Gasteiger partial charge in [0.15, 0.2) is 0 Å². The summed E-state index contributed by atoms with van der Waals surface area (Å²) in [6, 6.07) is 4.11. The third-order valence-electron chi connectivity index (χ3n) is 2.07. The van der Waals surface area contributed by atoms with Crippen LogP contribution in [0.15, 0.2) is 22.8 Å². The summed E-state index contributed by atoms with van der Waals surface area (Å²) in [5.41, 5.74) is 0.970. The van der Waals surface area contributed by atoms with Crippen LogP contribution in [-0.2, 0) is 11.3 Å². The van der Waals surface area contributed by atoms with E-state index in [0.29, 0.717) is 19.5 Å². The van der Waals surface area contributed by atoms with Crippen molar-refractivity contribution < 1.29 is 4.79 Å². The van der Waals surface area contributed by atoms with Gasteiger partial charge < -0.3 is 10.6 Å². The van der Waals surface area contributed by atoms with Gasteiger partial charge in [0.2, 0.25) is 5.91 Å². The van der Waals surface area contributed by atoms with E-state index in [2.05, 4.69) is 31.5 Å². The number of hydrogen-bond acceptors (Lipinski definition) is 3. The summed E-state index contributed by atoms with van der Waals surface area (Å²) in [5, 5.41) is 6.03. The number of carbonyl (C=O) groups excluding carboxylic acids is 1. The van der Waals surface area contributed by atoms with Gasteiger partial charge in [0, 0.05) is 36.2 Å². The zero-order valence-electron chi connectivity index (χ0n) is 10.2. The molecule has 0 saturated heterocycles. The predicted molar refractivity (Wildman–Crippen MR) is 71.5 cm³/mol. The molecule has 0 atom stereocenters. The second-order valence-corrected chi connectivity index (χ2v) is 5.03. The largest absolute Gasteiger partial charge is 0.354 e. The van der Waals surface area contributed by atoms with Crippen LogP contribution >= 0.6 is 15.9 Å². The van der Waals surface area contributed by atoms with Crippen LogP contribution < -0.4 is 10.6 Å². The van der Waals surface area contributed by atoms with Crippen molar-refractivity contribution in [3.63, 3.8) is 0 Å². The normalized spacial score (nSPS) is 10.6. The van der Waals surface area contributed by atoms with E-state index in [0.717, 1.165) is 10.2 Å². The average molecular weight is 300 g/mol. The first kappa shape index (κ1) is 14.1. The smallest absolute Gasteiger partial charge is 0.221 e. The maximum atomic E-state index is 11.3. The molecule has 0 fully saturated rings. The van der Waals surface area contributed by atoms with Gasteiger partial charge in [0.1, 0.15) is 0 Å². The van der Waals surface area contributed by atoms with E-state index in [4.69, 9.17) is 0 Å². The molecule has 1 rings (SSSR count). The highest BCUT2D eigenvalue weighted by Gasteiger charge is 2.02. The molecule has 0 saturated carbocycles. The van der Waals surface area contributed by atoms with Crippen LogP contribution in [0.3, 0.4) is 0 Å². The summed E-state index contributed by atoms with van der Waals surface area (Å²) in [7, 11) is 0. The molecular weight excluding hydrogens is 282 g/mol. The van der Waals surface area contributed by atoms with Crippen LogP contribution in [0.25, 0.3) is 0 Å². The lowest BCUT2D eigenvalue weighted by molar-refractivity contribution is -0.121. The molecule has 0 spiro atoms. The molecule has 0 aliphatic heterocycles. The molecule has 0 aliphatic rings. The van der Waals surface area contributed by atoms with Crippen LogP contribution in [-0.4, -0.2) is 23.5 Å². The first-order valence-electron chi connectivity index (χ1n) is 5.68. The van der Waals surface area contributed by atoms with Gasteiger partial charge in [-0.1, -0.05) is 0 Å². The molecule has 0 aromatic carbocycles. The lowest BCUT2D eigenvalue weighted by Gasteiger charge is -2.08. The number of aromatic nitrogens is 1. The Bertz CT molecular complexity index is 351. The van der Waals surface area contributed by atoms with Gasteiger partial charge in [-0.15, -0.1) is 0 Å². The van der Waals surface area contributed by atoms with Crippen LogP contribution in [0.4, 0.5) is 0 Å². The molecule has 94 valence electrons. The standard InChI is InChI=1S/C12H18BrN3O/c1-9(2)16-12(17)5-6-14-8-11-4-3-10(13)7-15-11/h3-4,7,9,14H,5-6,8H2,1-2H3,(H,16,17).